The molecular formula is C11H8ClNaOS2. The standard InChI is InChI=1S/C11H7ClOS2.Na.H/c12-11(13)7-5-10(15-6-7)8-3-1-2-4-9(8)14;;/h1-6,14H;;/q;+1;-1. The first-order valence-electron chi connectivity index (χ1n) is 4.25. The predicted octanol–water partition coefficient (Wildman–Crippen LogP) is 1.20. The minimum atomic E-state index is -0.422. The second kappa shape index (κ2) is 6.24. The van der Waals surface area contributed by atoms with Crippen molar-refractivity contribution < 1.29 is 35.8 Å². The molecule has 0 atom stereocenters. The summed E-state index contributed by atoms with van der Waals surface area (Å²) in [7, 11) is 0. The van der Waals surface area contributed by atoms with Crippen LogP contribution in [-0.2, 0) is 0 Å². The Kier molecular flexibility index (Phi) is 5.57. The third-order valence-corrected chi connectivity index (χ3v) is 3.57. The minimum absolute atomic E-state index is 0. The first-order valence-corrected chi connectivity index (χ1v) is 5.95. The summed E-state index contributed by atoms with van der Waals surface area (Å²) in [6.07, 6.45) is 0. The maximum Gasteiger partial charge on any atom is 1.00 e. The van der Waals surface area contributed by atoms with Crippen LogP contribution in [0.15, 0.2) is 40.6 Å². The fourth-order valence-corrected chi connectivity index (χ4v) is 2.72. The van der Waals surface area contributed by atoms with E-state index in [-0.39, 0.29) is 31.0 Å². The molecule has 78 valence electrons. The van der Waals surface area contributed by atoms with Gasteiger partial charge in [0.05, 0.1) is 0 Å². The van der Waals surface area contributed by atoms with Crippen molar-refractivity contribution >= 4 is 40.8 Å². The van der Waals surface area contributed by atoms with Gasteiger partial charge >= 0.3 is 29.6 Å². The molecule has 0 radical (unpaired) electrons. The first kappa shape index (κ1) is 14.3. The Labute approximate surface area is 132 Å². The van der Waals surface area contributed by atoms with Crippen LogP contribution in [0.2, 0.25) is 0 Å². The van der Waals surface area contributed by atoms with Gasteiger partial charge in [-0.2, -0.15) is 0 Å². The van der Waals surface area contributed by atoms with Crippen molar-refractivity contribution in [2.45, 2.75) is 4.90 Å². The molecule has 0 unspecified atom stereocenters. The van der Waals surface area contributed by atoms with Crippen molar-refractivity contribution in [2.75, 3.05) is 0 Å². The Bertz CT molecular complexity index is 516. The summed E-state index contributed by atoms with van der Waals surface area (Å²) < 4.78 is 0. The second-order valence-corrected chi connectivity index (χ2v) is 4.73. The number of benzene rings is 1. The van der Waals surface area contributed by atoms with E-state index >= 15 is 0 Å². The first-order chi connectivity index (χ1) is 7.18. The zero-order valence-electron chi connectivity index (χ0n) is 9.61. The summed E-state index contributed by atoms with van der Waals surface area (Å²) in [6.45, 7) is 0. The van der Waals surface area contributed by atoms with Crippen LogP contribution in [0.25, 0.3) is 10.4 Å². The average Bonchev–Trinajstić information content (AvgIpc) is 2.67. The van der Waals surface area contributed by atoms with Gasteiger partial charge in [-0.15, -0.1) is 24.0 Å². The van der Waals surface area contributed by atoms with E-state index in [0.29, 0.717) is 5.56 Å². The van der Waals surface area contributed by atoms with E-state index < -0.39 is 5.24 Å². The van der Waals surface area contributed by atoms with Crippen LogP contribution in [0.4, 0.5) is 0 Å². The summed E-state index contributed by atoms with van der Waals surface area (Å²) in [6, 6.07) is 9.54. The van der Waals surface area contributed by atoms with Gasteiger partial charge < -0.3 is 1.43 Å². The molecule has 1 nitrogen and oxygen atoms in total. The molecule has 0 amide bonds. The maximum absolute atomic E-state index is 10.9. The number of halogens is 1. The van der Waals surface area contributed by atoms with Gasteiger partial charge in [0.1, 0.15) is 0 Å². The van der Waals surface area contributed by atoms with Crippen LogP contribution in [0.3, 0.4) is 0 Å². The predicted molar refractivity (Wildman–Crippen MR) is 68.3 cm³/mol. The van der Waals surface area contributed by atoms with Gasteiger partial charge in [0, 0.05) is 26.3 Å². The summed E-state index contributed by atoms with van der Waals surface area (Å²) in [4.78, 5) is 12.8. The summed E-state index contributed by atoms with van der Waals surface area (Å²) in [5, 5.41) is 1.33. The maximum atomic E-state index is 10.9. The minimum Gasteiger partial charge on any atom is -1.00 e. The molecule has 5 heteroatoms. The van der Waals surface area contributed by atoms with Crippen LogP contribution in [0.1, 0.15) is 11.8 Å². The molecular weight excluding hydrogens is 271 g/mol. The van der Waals surface area contributed by atoms with Gasteiger partial charge in [-0.1, -0.05) is 18.2 Å². The number of carbonyl (C=O) groups is 1. The fraction of sp³-hybridized carbons (Fsp3) is 0. The van der Waals surface area contributed by atoms with Gasteiger partial charge in [0.2, 0.25) is 0 Å². The van der Waals surface area contributed by atoms with Gasteiger partial charge in [0.15, 0.2) is 0 Å². The average molecular weight is 279 g/mol. The normalized spacial score (nSPS) is 9.62. The smallest absolute Gasteiger partial charge is 1.00 e. The molecule has 0 aliphatic carbocycles. The van der Waals surface area contributed by atoms with Gasteiger partial charge in [-0.3, -0.25) is 4.79 Å². The van der Waals surface area contributed by atoms with Gasteiger partial charge in [-0.25, -0.2) is 0 Å². The molecule has 0 aliphatic heterocycles. The third-order valence-electron chi connectivity index (χ3n) is 2.00. The van der Waals surface area contributed by atoms with E-state index in [1.54, 1.807) is 11.4 Å². The van der Waals surface area contributed by atoms with E-state index in [1.807, 2.05) is 24.3 Å². The van der Waals surface area contributed by atoms with Crippen molar-refractivity contribution in [2.24, 2.45) is 0 Å². The number of rotatable bonds is 2. The van der Waals surface area contributed by atoms with Crippen LogP contribution in [0.5, 0.6) is 0 Å². The number of carbonyl (C=O) groups excluding carboxylic acids is 1. The molecule has 1 aromatic heterocycles. The van der Waals surface area contributed by atoms with Gasteiger partial charge in [-0.05, 0) is 23.7 Å². The molecule has 2 rings (SSSR count). The molecule has 2 aromatic rings. The SMILES string of the molecule is O=C(Cl)c1csc(-c2ccccc2S)c1.[H-].[Na+]. The molecule has 1 heterocycles. The zero-order chi connectivity index (χ0) is 10.8. The second-order valence-electron chi connectivity index (χ2n) is 2.99. The van der Waals surface area contributed by atoms with Crippen molar-refractivity contribution in [3.8, 4) is 10.4 Å². The summed E-state index contributed by atoms with van der Waals surface area (Å²) >= 11 is 11.2. The largest absolute Gasteiger partial charge is 1.00 e. The zero-order valence-corrected chi connectivity index (χ0v) is 13.1. The van der Waals surface area contributed by atoms with E-state index in [4.69, 9.17) is 11.6 Å². The molecule has 0 fully saturated rings. The topological polar surface area (TPSA) is 17.1 Å². The van der Waals surface area contributed by atoms with Crippen molar-refractivity contribution in [3.05, 3.63) is 41.3 Å². The molecule has 0 N–H and O–H groups in total. The van der Waals surface area contributed by atoms with Crippen LogP contribution < -0.4 is 29.6 Å². The molecule has 16 heavy (non-hydrogen) atoms. The Hall–Kier alpha value is 0.230. The Morgan fingerprint density at radius 1 is 1.38 bits per heavy atom. The molecule has 0 saturated carbocycles. The van der Waals surface area contributed by atoms with E-state index in [1.165, 1.54) is 11.3 Å². The van der Waals surface area contributed by atoms with E-state index in [2.05, 4.69) is 12.6 Å². The van der Waals surface area contributed by atoms with Crippen molar-refractivity contribution in [3.63, 3.8) is 0 Å². The Morgan fingerprint density at radius 2 is 2.06 bits per heavy atom. The number of thiol groups is 1. The monoisotopic (exact) mass is 278 g/mol. The molecule has 0 spiro atoms. The molecule has 0 saturated heterocycles. The van der Waals surface area contributed by atoms with Crippen LogP contribution in [0, 0.1) is 0 Å². The Balaban J connectivity index is 0.00000128. The number of hydrogen-bond donors (Lipinski definition) is 1. The van der Waals surface area contributed by atoms with E-state index in [9.17, 15) is 4.79 Å². The number of hydrogen-bond acceptors (Lipinski definition) is 3. The van der Waals surface area contributed by atoms with Gasteiger partial charge in [0.25, 0.3) is 5.24 Å². The van der Waals surface area contributed by atoms with Crippen molar-refractivity contribution in [1.29, 1.82) is 0 Å². The fourth-order valence-electron chi connectivity index (χ4n) is 1.26. The van der Waals surface area contributed by atoms with Crippen molar-refractivity contribution in [1.82, 2.24) is 0 Å². The van der Waals surface area contributed by atoms with Crippen LogP contribution in [-0.4, -0.2) is 5.24 Å². The third kappa shape index (κ3) is 3.13. The quantitative estimate of drug-likeness (QED) is 0.496. The molecule has 0 aliphatic rings. The molecule has 0 bridgehead atoms. The summed E-state index contributed by atoms with van der Waals surface area (Å²) in [5.41, 5.74) is 1.56. The Morgan fingerprint density at radius 3 is 2.62 bits per heavy atom. The molecule has 1 aromatic carbocycles. The number of thiophene rings is 1. The van der Waals surface area contributed by atoms with Crippen LogP contribution >= 0.6 is 35.6 Å². The van der Waals surface area contributed by atoms with E-state index in [0.717, 1.165) is 15.3 Å². The summed E-state index contributed by atoms with van der Waals surface area (Å²) in [5.74, 6) is 0.